The van der Waals surface area contributed by atoms with Crippen molar-refractivity contribution in [2.24, 2.45) is 0 Å². The van der Waals surface area contributed by atoms with E-state index < -0.39 is 31.0 Å². The van der Waals surface area contributed by atoms with E-state index in [0.29, 0.717) is 0 Å². The monoisotopic (exact) mass is 240 g/mol. The van der Waals surface area contributed by atoms with Gasteiger partial charge in [-0.2, -0.15) is 5.26 Å². The minimum absolute atomic E-state index is 0.00297. The molecule has 0 fully saturated rings. The van der Waals surface area contributed by atoms with Crippen molar-refractivity contribution < 1.29 is 16.8 Å². The molecular formula is C6H12N2O4S2. The van der Waals surface area contributed by atoms with Gasteiger partial charge in [0, 0.05) is 12.3 Å². The molecule has 0 aliphatic heterocycles. The summed E-state index contributed by atoms with van der Waals surface area (Å²) in [5.41, 5.74) is 0. The molecular weight excluding hydrogens is 228 g/mol. The summed E-state index contributed by atoms with van der Waals surface area (Å²) in [7, 11) is -7.43. The zero-order chi connectivity index (χ0) is 11.4. The highest BCUT2D eigenvalue weighted by Crippen LogP contribution is 1.96. The molecule has 0 rings (SSSR count). The maximum atomic E-state index is 11.1. The van der Waals surface area contributed by atoms with Gasteiger partial charge in [0.1, 0.15) is 0 Å². The molecule has 1 atom stereocenters. The van der Waals surface area contributed by atoms with Crippen LogP contribution in [-0.2, 0) is 19.9 Å². The quantitative estimate of drug-likeness (QED) is 0.678. The van der Waals surface area contributed by atoms with E-state index in [1.54, 1.807) is 6.07 Å². The number of hydrogen-bond donors (Lipinski definition) is 1. The number of hydrogen-bond acceptors (Lipinski definition) is 5. The lowest BCUT2D eigenvalue weighted by molar-refractivity contribution is 0.564. The number of sulfone groups is 1. The van der Waals surface area contributed by atoms with Crippen molar-refractivity contribution in [3.8, 4) is 6.07 Å². The molecule has 6 nitrogen and oxygen atoms in total. The van der Waals surface area contributed by atoms with Crippen LogP contribution < -0.4 is 4.72 Å². The third-order valence-corrected chi connectivity index (χ3v) is 4.86. The molecule has 0 aromatic heterocycles. The van der Waals surface area contributed by atoms with Gasteiger partial charge >= 0.3 is 0 Å². The smallest absolute Gasteiger partial charge is 0.226 e. The molecule has 0 aliphatic rings. The first-order valence-electron chi connectivity index (χ1n) is 3.71. The molecule has 0 saturated carbocycles. The normalized spacial score (nSPS) is 14.6. The topological polar surface area (TPSA) is 104 Å². The molecule has 0 aromatic carbocycles. The zero-order valence-corrected chi connectivity index (χ0v) is 9.52. The molecule has 0 saturated heterocycles. The molecule has 1 N–H and O–H groups in total. The molecule has 0 aromatic rings. The highest BCUT2D eigenvalue weighted by Gasteiger charge is 2.19. The summed E-state index contributed by atoms with van der Waals surface area (Å²) < 4.78 is 45.8. The highest BCUT2D eigenvalue weighted by molar-refractivity contribution is 8.06. The van der Waals surface area contributed by atoms with Crippen LogP contribution in [0.4, 0.5) is 0 Å². The summed E-state index contributed by atoms with van der Waals surface area (Å²) in [6.45, 7) is 1.49. The van der Waals surface area contributed by atoms with E-state index in [2.05, 4.69) is 4.72 Å². The third-order valence-electron chi connectivity index (χ3n) is 1.15. The standard InChI is InChI=1S/C6H12N2O4S2/c1-6(3-4-7)8-14(11,12)5-13(2,9)10/h6,8H,3,5H2,1-2H3. The average molecular weight is 240 g/mol. The van der Waals surface area contributed by atoms with E-state index >= 15 is 0 Å². The zero-order valence-electron chi connectivity index (χ0n) is 7.89. The van der Waals surface area contributed by atoms with Crippen molar-refractivity contribution in [1.82, 2.24) is 4.72 Å². The second kappa shape index (κ2) is 4.72. The van der Waals surface area contributed by atoms with E-state index in [1.807, 2.05) is 0 Å². The first-order valence-corrected chi connectivity index (χ1v) is 7.42. The fourth-order valence-corrected chi connectivity index (χ4v) is 4.02. The third kappa shape index (κ3) is 6.82. The fraction of sp³-hybridized carbons (Fsp3) is 0.833. The Balaban J connectivity index is 4.46. The number of nitrogens with zero attached hydrogens (tertiary/aromatic N) is 1. The van der Waals surface area contributed by atoms with Crippen LogP contribution in [0.15, 0.2) is 0 Å². The lowest BCUT2D eigenvalue weighted by atomic mass is 10.3. The summed E-state index contributed by atoms with van der Waals surface area (Å²) in [4.78, 5) is 0. The Morgan fingerprint density at radius 2 is 1.86 bits per heavy atom. The van der Waals surface area contributed by atoms with Gasteiger partial charge in [0.05, 0.1) is 12.5 Å². The minimum Gasteiger partial charge on any atom is -0.228 e. The summed E-state index contributed by atoms with van der Waals surface area (Å²) in [6.07, 6.45) is 0.837. The van der Waals surface area contributed by atoms with Crippen molar-refractivity contribution in [2.45, 2.75) is 19.4 Å². The van der Waals surface area contributed by atoms with Gasteiger partial charge in [-0.25, -0.2) is 21.6 Å². The van der Waals surface area contributed by atoms with Crippen LogP contribution in [0.3, 0.4) is 0 Å². The fourth-order valence-electron chi connectivity index (χ4n) is 0.801. The van der Waals surface area contributed by atoms with Crippen LogP contribution in [0.2, 0.25) is 0 Å². The molecule has 0 radical (unpaired) electrons. The van der Waals surface area contributed by atoms with Crippen LogP contribution in [0.5, 0.6) is 0 Å². The van der Waals surface area contributed by atoms with Crippen LogP contribution in [0, 0.1) is 11.3 Å². The van der Waals surface area contributed by atoms with Gasteiger partial charge < -0.3 is 0 Å². The summed E-state index contributed by atoms with van der Waals surface area (Å²) in [5.74, 6) is 0. The van der Waals surface area contributed by atoms with E-state index in [0.717, 1.165) is 6.26 Å². The predicted octanol–water partition coefficient (Wildman–Crippen LogP) is -0.790. The Hall–Kier alpha value is -0.650. The van der Waals surface area contributed by atoms with Gasteiger partial charge in [-0.05, 0) is 6.92 Å². The molecule has 0 spiro atoms. The summed E-state index contributed by atoms with van der Waals surface area (Å²) >= 11 is 0. The molecule has 82 valence electrons. The van der Waals surface area contributed by atoms with E-state index in [1.165, 1.54) is 6.92 Å². The molecule has 0 aliphatic carbocycles. The van der Waals surface area contributed by atoms with Gasteiger partial charge in [0.2, 0.25) is 10.0 Å². The van der Waals surface area contributed by atoms with Gasteiger partial charge in [-0.3, -0.25) is 0 Å². The van der Waals surface area contributed by atoms with Gasteiger partial charge in [-0.15, -0.1) is 0 Å². The average Bonchev–Trinajstić information content (AvgIpc) is 1.78. The Morgan fingerprint density at radius 3 is 2.21 bits per heavy atom. The highest BCUT2D eigenvalue weighted by atomic mass is 32.3. The minimum atomic E-state index is -3.85. The molecule has 0 heterocycles. The van der Waals surface area contributed by atoms with Gasteiger partial charge in [0.15, 0.2) is 14.9 Å². The largest absolute Gasteiger partial charge is 0.228 e. The van der Waals surface area contributed by atoms with Crippen molar-refractivity contribution >= 4 is 19.9 Å². The molecule has 8 heteroatoms. The van der Waals surface area contributed by atoms with Crippen LogP contribution in [0.1, 0.15) is 13.3 Å². The summed E-state index contributed by atoms with van der Waals surface area (Å²) in [5, 5.41) is 7.31. The van der Waals surface area contributed by atoms with Crippen molar-refractivity contribution in [1.29, 1.82) is 5.26 Å². The number of sulfonamides is 1. The Bertz CT molecular complexity index is 417. The second-order valence-corrected chi connectivity index (χ2v) is 7.30. The number of nitriles is 1. The number of nitrogens with one attached hydrogen (secondary N) is 1. The Kier molecular flexibility index (Phi) is 4.51. The lowest BCUT2D eigenvalue weighted by Gasteiger charge is -2.09. The molecule has 0 bridgehead atoms. The maximum absolute atomic E-state index is 11.1. The first-order chi connectivity index (χ1) is 6.16. The molecule has 0 amide bonds. The van der Waals surface area contributed by atoms with Crippen molar-refractivity contribution in [3.63, 3.8) is 0 Å². The Labute approximate surface area is 83.9 Å². The molecule has 14 heavy (non-hydrogen) atoms. The van der Waals surface area contributed by atoms with Gasteiger partial charge in [-0.1, -0.05) is 0 Å². The second-order valence-electron chi connectivity index (χ2n) is 3.04. The van der Waals surface area contributed by atoms with E-state index in [9.17, 15) is 16.8 Å². The van der Waals surface area contributed by atoms with E-state index in [4.69, 9.17) is 5.26 Å². The molecule has 1 unspecified atom stereocenters. The Morgan fingerprint density at radius 1 is 1.36 bits per heavy atom. The summed E-state index contributed by atoms with van der Waals surface area (Å²) in [6, 6.07) is 1.20. The number of rotatable bonds is 5. The lowest BCUT2D eigenvalue weighted by Crippen LogP contribution is -2.36. The maximum Gasteiger partial charge on any atom is 0.226 e. The SMILES string of the molecule is CC(CC#N)NS(=O)(=O)CS(C)(=O)=O. The predicted molar refractivity (Wildman–Crippen MR) is 51.5 cm³/mol. The van der Waals surface area contributed by atoms with Crippen LogP contribution in [0.25, 0.3) is 0 Å². The van der Waals surface area contributed by atoms with Crippen LogP contribution in [-0.4, -0.2) is 34.2 Å². The van der Waals surface area contributed by atoms with Crippen molar-refractivity contribution in [3.05, 3.63) is 0 Å². The van der Waals surface area contributed by atoms with E-state index in [-0.39, 0.29) is 6.42 Å². The first kappa shape index (κ1) is 13.4. The van der Waals surface area contributed by atoms with Crippen molar-refractivity contribution in [2.75, 3.05) is 11.3 Å². The van der Waals surface area contributed by atoms with Crippen LogP contribution >= 0.6 is 0 Å². The van der Waals surface area contributed by atoms with Gasteiger partial charge in [0.25, 0.3) is 0 Å².